The summed E-state index contributed by atoms with van der Waals surface area (Å²) < 4.78 is 0. The molecule has 0 aliphatic rings. The van der Waals surface area contributed by atoms with Gasteiger partial charge in [0.2, 0.25) is 0 Å². The SMILES string of the molecule is CC(C)=NOC(=N)N(C)C. The molecular formula is C6H13N3O. The van der Waals surface area contributed by atoms with E-state index in [0.717, 1.165) is 5.71 Å². The maximum absolute atomic E-state index is 7.13. The maximum atomic E-state index is 7.13. The first kappa shape index (κ1) is 8.94. The molecule has 0 atom stereocenters. The van der Waals surface area contributed by atoms with Crippen molar-refractivity contribution in [1.82, 2.24) is 4.90 Å². The quantitative estimate of drug-likeness (QED) is 0.337. The van der Waals surface area contributed by atoms with Gasteiger partial charge in [-0.05, 0) is 13.8 Å². The second-order valence-corrected chi connectivity index (χ2v) is 2.33. The lowest BCUT2D eigenvalue weighted by molar-refractivity contribution is 0.270. The summed E-state index contributed by atoms with van der Waals surface area (Å²) in [7, 11) is 3.45. The maximum Gasteiger partial charge on any atom is 0.314 e. The van der Waals surface area contributed by atoms with Crippen molar-refractivity contribution in [1.29, 1.82) is 5.41 Å². The Bertz CT molecular complexity index is 147. The molecule has 0 radical (unpaired) electrons. The first-order chi connectivity index (χ1) is 4.54. The molecule has 0 saturated heterocycles. The molecule has 4 heteroatoms. The molecule has 10 heavy (non-hydrogen) atoms. The zero-order valence-electron chi connectivity index (χ0n) is 6.80. The highest BCUT2D eigenvalue weighted by atomic mass is 16.6. The van der Waals surface area contributed by atoms with Crippen molar-refractivity contribution in [2.45, 2.75) is 13.8 Å². The molecule has 4 nitrogen and oxygen atoms in total. The van der Waals surface area contributed by atoms with Gasteiger partial charge in [-0.15, -0.1) is 0 Å². The summed E-state index contributed by atoms with van der Waals surface area (Å²) >= 11 is 0. The minimum atomic E-state index is 0.0428. The van der Waals surface area contributed by atoms with Crippen molar-refractivity contribution in [2.75, 3.05) is 14.1 Å². The van der Waals surface area contributed by atoms with Gasteiger partial charge in [0, 0.05) is 14.1 Å². The van der Waals surface area contributed by atoms with Crippen LogP contribution in [0.25, 0.3) is 0 Å². The van der Waals surface area contributed by atoms with E-state index < -0.39 is 0 Å². The van der Waals surface area contributed by atoms with Crippen molar-refractivity contribution in [2.24, 2.45) is 5.16 Å². The van der Waals surface area contributed by atoms with E-state index in [1.807, 2.05) is 13.8 Å². The average Bonchev–Trinajstić information content (AvgIpc) is 1.82. The van der Waals surface area contributed by atoms with Crippen LogP contribution in [0.4, 0.5) is 0 Å². The highest BCUT2D eigenvalue weighted by molar-refractivity contribution is 5.79. The van der Waals surface area contributed by atoms with E-state index in [4.69, 9.17) is 5.41 Å². The summed E-state index contributed by atoms with van der Waals surface area (Å²) in [6, 6.07) is 0.0428. The largest absolute Gasteiger partial charge is 0.331 e. The van der Waals surface area contributed by atoms with E-state index in [-0.39, 0.29) is 6.02 Å². The predicted molar refractivity (Wildman–Crippen MR) is 41.3 cm³/mol. The molecule has 0 aliphatic heterocycles. The summed E-state index contributed by atoms with van der Waals surface area (Å²) in [5, 5.41) is 10.7. The summed E-state index contributed by atoms with van der Waals surface area (Å²) in [5.41, 5.74) is 0.798. The second-order valence-electron chi connectivity index (χ2n) is 2.33. The summed E-state index contributed by atoms with van der Waals surface area (Å²) in [5.74, 6) is 0. The summed E-state index contributed by atoms with van der Waals surface area (Å²) in [6.07, 6.45) is 0. The lowest BCUT2D eigenvalue weighted by Gasteiger charge is -2.09. The predicted octanol–water partition coefficient (Wildman–Crippen LogP) is 0.895. The van der Waals surface area contributed by atoms with Crippen LogP contribution in [0.1, 0.15) is 13.8 Å². The van der Waals surface area contributed by atoms with Crippen LogP contribution in [-0.4, -0.2) is 30.7 Å². The van der Waals surface area contributed by atoms with Gasteiger partial charge < -0.3 is 9.74 Å². The van der Waals surface area contributed by atoms with Gasteiger partial charge in [-0.2, -0.15) is 0 Å². The van der Waals surface area contributed by atoms with Gasteiger partial charge >= 0.3 is 6.02 Å². The van der Waals surface area contributed by atoms with Gasteiger partial charge in [0.25, 0.3) is 0 Å². The molecule has 0 saturated carbocycles. The molecule has 0 amide bonds. The first-order valence-corrected chi connectivity index (χ1v) is 2.98. The molecule has 0 aromatic heterocycles. The molecule has 0 aromatic rings. The van der Waals surface area contributed by atoms with Crippen LogP contribution in [0.15, 0.2) is 5.16 Å². The van der Waals surface area contributed by atoms with Crippen LogP contribution < -0.4 is 0 Å². The van der Waals surface area contributed by atoms with Crippen LogP contribution in [-0.2, 0) is 4.84 Å². The van der Waals surface area contributed by atoms with E-state index >= 15 is 0 Å². The average molecular weight is 143 g/mol. The van der Waals surface area contributed by atoms with Gasteiger partial charge in [0.05, 0.1) is 5.71 Å². The third kappa shape index (κ3) is 3.88. The number of rotatable bonds is 1. The van der Waals surface area contributed by atoms with Gasteiger partial charge in [-0.3, -0.25) is 0 Å². The molecule has 0 aromatic carbocycles. The molecule has 0 bridgehead atoms. The molecule has 0 fully saturated rings. The Kier molecular flexibility index (Phi) is 3.46. The number of nitrogens with zero attached hydrogens (tertiary/aromatic N) is 2. The third-order valence-electron chi connectivity index (χ3n) is 0.721. The smallest absolute Gasteiger partial charge is 0.314 e. The first-order valence-electron chi connectivity index (χ1n) is 2.98. The number of hydrogen-bond donors (Lipinski definition) is 1. The van der Waals surface area contributed by atoms with Gasteiger partial charge in [0.1, 0.15) is 0 Å². The Morgan fingerprint density at radius 1 is 1.40 bits per heavy atom. The van der Waals surface area contributed by atoms with E-state index in [1.54, 1.807) is 14.1 Å². The van der Waals surface area contributed by atoms with Crippen molar-refractivity contribution in [3.63, 3.8) is 0 Å². The molecule has 1 N–H and O–H groups in total. The normalized spacial score (nSPS) is 8.40. The van der Waals surface area contributed by atoms with Crippen LogP contribution in [0.5, 0.6) is 0 Å². The zero-order valence-corrected chi connectivity index (χ0v) is 6.80. The fourth-order valence-corrected chi connectivity index (χ4v) is 0.216. The minimum Gasteiger partial charge on any atom is -0.331 e. The van der Waals surface area contributed by atoms with Gasteiger partial charge in [0.15, 0.2) is 0 Å². The Morgan fingerprint density at radius 2 is 1.90 bits per heavy atom. The third-order valence-corrected chi connectivity index (χ3v) is 0.721. The molecule has 0 aliphatic carbocycles. The fraction of sp³-hybridized carbons (Fsp3) is 0.667. The number of oxime groups is 1. The topological polar surface area (TPSA) is 48.7 Å². The zero-order chi connectivity index (χ0) is 8.15. The number of amidine groups is 1. The van der Waals surface area contributed by atoms with Crippen molar-refractivity contribution >= 4 is 11.7 Å². The fourth-order valence-electron chi connectivity index (χ4n) is 0.216. The molecule has 58 valence electrons. The van der Waals surface area contributed by atoms with Crippen LogP contribution >= 0.6 is 0 Å². The van der Waals surface area contributed by atoms with Crippen molar-refractivity contribution in [3.8, 4) is 0 Å². The van der Waals surface area contributed by atoms with E-state index in [0.29, 0.717) is 0 Å². The Labute approximate surface area is 61.0 Å². The highest BCUT2D eigenvalue weighted by Gasteiger charge is 1.96. The highest BCUT2D eigenvalue weighted by Crippen LogP contribution is 1.84. The standard InChI is InChI=1S/C6H13N3O/c1-5(2)8-10-6(7)9(3)4/h7H,1-4H3. The molecule has 0 spiro atoms. The lowest BCUT2D eigenvalue weighted by atomic mass is 10.5. The van der Waals surface area contributed by atoms with Crippen LogP contribution in [0.3, 0.4) is 0 Å². The van der Waals surface area contributed by atoms with E-state index in [9.17, 15) is 0 Å². The van der Waals surface area contributed by atoms with Gasteiger partial charge in [-0.1, -0.05) is 5.16 Å². The van der Waals surface area contributed by atoms with Crippen molar-refractivity contribution in [3.05, 3.63) is 0 Å². The number of hydrogen-bond acceptors (Lipinski definition) is 3. The molecular weight excluding hydrogens is 130 g/mol. The Morgan fingerprint density at radius 3 is 2.20 bits per heavy atom. The Balaban J connectivity index is 3.71. The summed E-state index contributed by atoms with van der Waals surface area (Å²) in [4.78, 5) is 6.20. The van der Waals surface area contributed by atoms with Gasteiger partial charge in [-0.25, -0.2) is 5.41 Å². The minimum absolute atomic E-state index is 0.0428. The molecule has 0 rings (SSSR count). The summed E-state index contributed by atoms with van der Waals surface area (Å²) in [6.45, 7) is 3.62. The molecule has 0 unspecified atom stereocenters. The van der Waals surface area contributed by atoms with Crippen molar-refractivity contribution < 1.29 is 4.84 Å². The van der Waals surface area contributed by atoms with E-state index in [2.05, 4.69) is 9.99 Å². The van der Waals surface area contributed by atoms with Crippen LogP contribution in [0, 0.1) is 5.41 Å². The second kappa shape index (κ2) is 3.87. The van der Waals surface area contributed by atoms with Crippen LogP contribution in [0.2, 0.25) is 0 Å². The lowest BCUT2D eigenvalue weighted by Crippen LogP contribution is -2.21. The number of nitrogens with one attached hydrogen (secondary N) is 1. The Hall–Kier alpha value is -1.06. The monoisotopic (exact) mass is 143 g/mol. The molecule has 0 heterocycles. The van der Waals surface area contributed by atoms with E-state index in [1.165, 1.54) is 4.90 Å².